The molecule has 0 unspecified atom stereocenters. The molecule has 0 bridgehead atoms. The third-order valence-electron chi connectivity index (χ3n) is 4.77. The molecule has 0 heterocycles. The van der Waals surface area contributed by atoms with Gasteiger partial charge in [0.25, 0.3) is 0 Å². The number of Topliss-reactive ketones (excluding diaryl/α,β-unsaturated/α-hetero) is 1. The maximum Gasteiger partial charge on any atom is 0.190 e. The Balaban J connectivity index is 2.24. The van der Waals surface area contributed by atoms with Gasteiger partial charge in [0.05, 0.1) is 0 Å². The quantitative estimate of drug-likeness (QED) is 0.550. The van der Waals surface area contributed by atoms with Crippen LogP contribution in [0.15, 0.2) is 36.0 Å². The van der Waals surface area contributed by atoms with Crippen molar-refractivity contribution in [3.8, 4) is 0 Å². The molecule has 0 atom stereocenters. The summed E-state index contributed by atoms with van der Waals surface area (Å²) in [7, 11) is 4.02. The second-order valence-corrected chi connectivity index (χ2v) is 7.14. The van der Waals surface area contributed by atoms with E-state index in [2.05, 4.69) is 13.1 Å². The fraction of sp³-hybridized carbons (Fsp3) is 0.571. The van der Waals surface area contributed by atoms with Gasteiger partial charge in [-0.15, -0.1) is 0 Å². The Morgan fingerprint density at radius 2 is 1.48 bits per heavy atom. The molecule has 2 rings (SSSR count). The molecule has 0 amide bonds. The molecule has 1 aromatic carbocycles. The molecular formula is C21H31NO. The van der Waals surface area contributed by atoms with Gasteiger partial charge in [-0.05, 0) is 25.7 Å². The van der Waals surface area contributed by atoms with Crippen LogP contribution >= 0.6 is 0 Å². The molecule has 1 fully saturated rings. The van der Waals surface area contributed by atoms with Crippen molar-refractivity contribution in [3.63, 3.8) is 0 Å². The number of carbonyl (C=O) groups excluding carboxylic acids is 1. The molecule has 126 valence electrons. The lowest BCUT2D eigenvalue weighted by Crippen LogP contribution is -2.18. The average molecular weight is 313 g/mol. The maximum absolute atomic E-state index is 13.1. The Morgan fingerprint density at radius 3 is 2.00 bits per heavy atom. The monoisotopic (exact) mass is 313 g/mol. The predicted molar refractivity (Wildman–Crippen MR) is 97.7 cm³/mol. The van der Waals surface area contributed by atoms with Crippen molar-refractivity contribution in [2.75, 3.05) is 14.1 Å². The Bertz CT molecular complexity index is 517. The first-order valence-electron chi connectivity index (χ1n) is 9.07. The zero-order valence-electron chi connectivity index (χ0n) is 15.0. The smallest absolute Gasteiger partial charge is 0.190 e. The lowest BCUT2D eigenvalue weighted by atomic mass is 9.85. The minimum atomic E-state index is 0.211. The van der Waals surface area contributed by atoms with E-state index in [-0.39, 0.29) is 5.78 Å². The van der Waals surface area contributed by atoms with Crippen LogP contribution in [0.25, 0.3) is 0 Å². The number of carbonyl (C=O) groups is 1. The van der Waals surface area contributed by atoms with Crippen LogP contribution < -0.4 is 0 Å². The molecule has 1 aliphatic rings. The topological polar surface area (TPSA) is 20.3 Å². The van der Waals surface area contributed by atoms with Crippen molar-refractivity contribution in [2.45, 2.75) is 58.3 Å². The van der Waals surface area contributed by atoms with Crippen LogP contribution in [0.3, 0.4) is 0 Å². The van der Waals surface area contributed by atoms with Crippen LogP contribution in [-0.4, -0.2) is 24.8 Å². The first-order valence-corrected chi connectivity index (χ1v) is 9.07. The molecular weight excluding hydrogens is 282 g/mol. The van der Waals surface area contributed by atoms with Crippen molar-refractivity contribution >= 4 is 5.78 Å². The zero-order chi connectivity index (χ0) is 16.7. The zero-order valence-corrected chi connectivity index (χ0v) is 15.0. The van der Waals surface area contributed by atoms with Gasteiger partial charge in [0.2, 0.25) is 0 Å². The van der Waals surface area contributed by atoms with Crippen LogP contribution in [0, 0.1) is 12.8 Å². The van der Waals surface area contributed by atoms with Crippen molar-refractivity contribution in [2.24, 2.45) is 5.92 Å². The number of hydrogen-bond donors (Lipinski definition) is 0. The molecule has 0 aliphatic heterocycles. The highest BCUT2D eigenvalue weighted by Gasteiger charge is 2.22. The van der Waals surface area contributed by atoms with E-state index in [0.29, 0.717) is 5.92 Å². The van der Waals surface area contributed by atoms with E-state index in [1.165, 1.54) is 44.1 Å². The van der Waals surface area contributed by atoms with Gasteiger partial charge in [0.15, 0.2) is 5.78 Å². The lowest BCUT2D eigenvalue weighted by Gasteiger charge is -2.21. The third kappa shape index (κ3) is 5.53. The number of ketones is 1. The van der Waals surface area contributed by atoms with Gasteiger partial charge < -0.3 is 4.90 Å². The summed E-state index contributed by atoms with van der Waals surface area (Å²) in [4.78, 5) is 15.1. The molecule has 0 N–H and O–H groups in total. The highest BCUT2D eigenvalue weighted by molar-refractivity contribution is 6.08. The van der Waals surface area contributed by atoms with E-state index in [1.807, 2.05) is 43.3 Å². The van der Waals surface area contributed by atoms with Crippen LogP contribution in [0.2, 0.25) is 0 Å². The molecule has 2 nitrogen and oxygen atoms in total. The summed E-state index contributed by atoms with van der Waals surface area (Å²) >= 11 is 0. The largest absolute Gasteiger partial charge is 0.383 e. The Labute approximate surface area is 141 Å². The second kappa shape index (κ2) is 8.90. The Hall–Kier alpha value is -1.57. The summed E-state index contributed by atoms with van der Waals surface area (Å²) in [5.41, 5.74) is 3.02. The molecule has 0 spiro atoms. The molecule has 0 aromatic heterocycles. The molecule has 2 heteroatoms. The highest BCUT2D eigenvalue weighted by atomic mass is 16.1. The molecule has 0 saturated heterocycles. The van der Waals surface area contributed by atoms with Crippen molar-refractivity contribution in [1.82, 2.24) is 4.90 Å². The van der Waals surface area contributed by atoms with Gasteiger partial charge in [-0.1, -0.05) is 68.4 Å². The molecule has 1 saturated carbocycles. The average Bonchev–Trinajstić information content (AvgIpc) is 2.66. The SMILES string of the molecule is Cc1ccc(C(=O)/C(=C\N(C)C)C2CCCCCCCC2)cc1. The molecule has 23 heavy (non-hydrogen) atoms. The van der Waals surface area contributed by atoms with E-state index < -0.39 is 0 Å². The molecule has 0 radical (unpaired) electrons. The number of benzene rings is 1. The van der Waals surface area contributed by atoms with E-state index >= 15 is 0 Å². The standard InChI is InChI=1S/C21H31NO/c1-17-12-14-19(15-13-17)21(23)20(16-22(2)3)18-10-8-6-4-5-7-9-11-18/h12-16,18H,4-11H2,1-3H3/b20-16-. The lowest BCUT2D eigenvalue weighted by molar-refractivity contribution is 0.101. The number of allylic oxidation sites excluding steroid dienone is 1. The summed E-state index contributed by atoms with van der Waals surface area (Å²) in [6.45, 7) is 2.06. The van der Waals surface area contributed by atoms with Crippen molar-refractivity contribution in [3.05, 3.63) is 47.2 Å². The summed E-state index contributed by atoms with van der Waals surface area (Å²) in [6, 6.07) is 8.00. The van der Waals surface area contributed by atoms with Crippen LogP contribution in [0.1, 0.15) is 67.3 Å². The van der Waals surface area contributed by atoms with Gasteiger partial charge in [-0.25, -0.2) is 0 Å². The Morgan fingerprint density at radius 1 is 0.957 bits per heavy atom. The van der Waals surface area contributed by atoms with Gasteiger partial charge in [-0.3, -0.25) is 4.79 Å². The number of nitrogens with zero attached hydrogens (tertiary/aromatic N) is 1. The first kappa shape index (κ1) is 17.8. The normalized spacial score (nSPS) is 18.0. The fourth-order valence-electron chi connectivity index (χ4n) is 3.44. The molecule has 1 aliphatic carbocycles. The third-order valence-corrected chi connectivity index (χ3v) is 4.77. The highest BCUT2D eigenvalue weighted by Crippen LogP contribution is 2.30. The van der Waals surface area contributed by atoms with E-state index in [0.717, 1.165) is 24.0 Å². The predicted octanol–water partition coefficient (Wildman–Crippen LogP) is 5.37. The second-order valence-electron chi connectivity index (χ2n) is 7.14. The minimum Gasteiger partial charge on any atom is -0.383 e. The Kier molecular flexibility index (Phi) is 6.88. The van der Waals surface area contributed by atoms with Crippen molar-refractivity contribution in [1.29, 1.82) is 0 Å². The van der Waals surface area contributed by atoms with Gasteiger partial charge in [0.1, 0.15) is 0 Å². The number of rotatable bonds is 4. The van der Waals surface area contributed by atoms with Crippen LogP contribution in [-0.2, 0) is 0 Å². The summed E-state index contributed by atoms with van der Waals surface area (Å²) in [5.74, 6) is 0.618. The minimum absolute atomic E-state index is 0.211. The maximum atomic E-state index is 13.1. The van der Waals surface area contributed by atoms with Crippen molar-refractivity contribution < 1.29 is 4.79 Å². The first-order chi connectivity index (χ1) is 11.1. The fourth-order valence-corrected chi connectivity index (χ4v) is 3.44. The van der Waals surface area contributed by atoms with Gasteiger partial charge >= 0.3 is 0 Å². The number of aryl methyl sites for hydroxylation is 1. The van der Waals surface area contributed by atoms with Gasteiger partial charge in [0, 0.05) is 31.4 Å². The van der Waals surface area contributed by atoms with Crippen LogP contribution in [0.4, 0.5) is 0 Å². The van der Waals surface area contributed by atoms with Crippen LogP contribution in [0.5, 0.6) is 0 Å². The van der Waals surface area contributed by atoms with E-state index in [9.17, 15) is 4.79 Å². The molecule has 1 aromatic rings. The van der Waals surface area contributed by atoms with Gasteiger partial charge in [-0.2, -0.15) is 0 Å². The number of hydrogen-bond acceptors (Lipinski definition) is 2. The van der Waals surface area contributed by atoms with E-state index in [4.69, 9.17) is 0 Å². The summed E-state index contributed by atoms with van der Waals surface area (Å²) < 4.78 is 0. The van der Waals surface area contributed by atoms with E-state index in [1.54, 1.807) is 0 Å². The summed E-state index contributed by atoms with van der Waals surface area (Å²) in [5, 5.41) is 0. The summed E-state index contributed by atoms with van der Waals surface area (Å²) in [6.07, 6.45) is 12.2.